The molecule has 0 radical (unpaired) electrons. The molecule has 0 bridgehead atoms. The highest BCUT2D eigenvalue weighted by Crippen LogP contribution is 2.29. The first-order valence-electron chi connectivity index (χ1n) is 9.89. The Labute approximate surface area is 180 Å². The number of aryl methyl sites for hydroxylation is 2. The van der Waals surface area contributed by atoms with Gasteiger partial charge in [0.05, 0.1) is 11.4 Å². The van der Waals surface area contributed by atoms with Crippen LogP contribution in [0.25, 0.3) is 6.08 Å². The van der Waals surface area contributed by atoms with Crippen LogP contribution >= 0.6 is 12.2 Å². The van der Waals surface area contributed by atoms with Crippen molar-refractivity contribution in [3.63, 3.8) is 0 Å². The Bertz CT molecular complexity index is 1090. The van der Waals surface area contributed by atoms with Crippen molar-refractivity contribution in [3.05, 3.63) is 64.5 Å². The summed E-state index contributed by atoms with van der Waals surface area (Å²) in [4.78, 5) is 29.1. The SMILES string of the molecule is Cc1cc(N2CCCC2)c(F)cc1/C=C1\C(=O)NC(=S)N(c2ccccc2C)C1=O. The Morgan fingerprint density at radius 3 is 2.43 bits per heavy atom. The molecule has 4 rings (SSSR count). The minimum atomic E-state index is -0.585. The van der Waals surface area contributed by atoms with Gasteiger partial charge in [-0.05, 0) is 79.9 Å². The summed E-state index contributed by atoms with van der Waals surface area (Å²) in [5.41, 5.74) is 3.22. The zero-order valence-electron chi connectivity index (χ0n) is 16.9. The molecule has 0 aliphatic carbocycles. The number of nitrogens with zero attached hydrogens (tertiary/aromatic N) is 2. The topological polar surface area (TPSA) is 52.7 Å². The van der Waals surface area contributed by atoms with E-state index in [0.717, 1.165) is 37.1 Å². The third-order valence-electron chi connectivity index (χ3n) is 5.54. The quantitative estimate of drug-likeness (QED) is 0.463. The fourth-order valence-electron chi connectivity index (χ4n) is 3.88. The average molecular weight is 424 g/mol. The van der Waals surface area contributed by atoms with E-state index < -0.39 is 11.8 Å². The van der Waals surface area contributed by atoms with Crippen molar-refractivity contribution >= 4 is 46.6 Å². The van der Waals surface area contributed by atoms with Crippen molar-refractivity contribution in [1.29, 1.82) is 0 Å². The fourth-order valence-corrected chi connectivity index (χ4v) is 4.16. The minimum Gasteiger partial charge on any atom is -0.369 e. The Kier molecular flexibility index (Phi) is 5.39. The van der Waals surface area contributed by atoms with E-state index in [0.29, 0.717) is 16.9 Å². The van der Waals surface area contributed by atoms with Crippen LogP contribution in [-0.4, -0.2) is 30.0 Å². The van der Waals surface area contributed by atoms with E-state index >= 15 is 0 Å². The molecule has 2 saturated heterocycles. The molecule has 2 heterocycles. The molecule has 2 amide bonds. The van der Waals surface area contributed by atoms with E-state index in [1.54, 1.807) is 18.2 Å². The molecule has 1 N–H and O–H groups in total. The molecule has 2 fully saturated rings. The van der Waals surface area contributed by atoms with Crippen LogP contribution in [0.5, 0.6) is 0 Å². The molecule has 154 valence electrons. The minimum absolute atomic E-state index is 0.0312. The largest absolute Gasteiger partial charge is 0.369 e. The van der Waals surface area contributed by atoms with Crippen LogP contribution in [0, 0.1) is 19.7 Å². The number of halogens is 1. The molecule has 2 aliphatic rings. The Balaban J connectivity index is 1.73. The number of benzene rings is 2. The van der Waals surface area contributed by atoms with Gasteiger partial charge in [-0.15, -0.1) is 0 Å². The summed E-state index contributed by atoms with van der Waals surface area (Å²) in [5, 5.41) is 2.60. The monoisotopic (exact) mass is 423 g/mol. The lowest BCUT2D eigenvalue weighted by Crippen LogP contribution is -2.54. The lowest BCUT2D eigenvalue weighted by molar-refractivity contribution is -0.122. The summed E-state index contributed by atoms with van der Waals surface area (Å²) in [6.45, 7) is 5.38. The highest BCUT2D eigenvalue weighted by molar-refractivity contribution is 7.80. The maximum atomic E-state index is 14.8. The lowest BCUT2D eigenvalue weighted by atomic mass is 10.0. The van der Waals surface area contributed by atoms with Gasteiger partial charge in [-0.3, -0.25) is 19.8 Å². The summed E-state index contributed by atoms with van der Waals surface area (Å²) < 4.78 is 14.8. The van der Waals surface area contributed by atoms with Gasteiger partial charge in [0.1, 0.15) is 11.4 Å². The van der Waals surface area contributed by atoms with Gasteiger partial charge in [-0.1, -0.05) is 18.2 Å². The van der Waals surface area contributed by atoms with Crippen LogP contribution in [-0.2, 0) is 9.59 Å². The van der Waals surface area contributed by atoms with Crippen LogP contribution < -0.4 is 15.1 Å². The Morgan fingerprint density at radius 2 is 1.73 bits per heavy atom. The van der Waals surface area contributed by atoms with Crippen molar-refractivity contribution in [2.24, 2.45) is 0 Å². The molecule has 0 aromatic heterocycles. The van der Waals surface area contributed by atoms with Crippen LogP contribution in [0.4, 0.5) is 15.8 Å². The van der Waals surface area contributed by atoms with Crippen molar-refractivity contribution in [2.75, 3.05) is 22.9 Å². The Morgan fingerprint density at radius 1 is 1.03 bits per heavy atom. The van der Waals surface area contributed by atoms with Gasteiger partial charge >= 0.3 is 0 Å². The molecule has 5 nitrogen and oxygen atoms in total. The van der Waals surface area contributed by atoms with E-state index in [1.807, 2.05) is 30.9 Å². The summed E-state index contributed by atoms with van der Waals surface area (Å²) in [6, 6.07) is 10.5. The van der Waals surface area contributed by atoms with Gasteiger partial charge in [-0.2, -0.15) is 0 Å². The van der Waals surface area contributed by atoms with Crippen LogP contribution in [0.15, 0.2) is 42.0 Å². The van der Waals surface area contributed by atoms with Crippen molar-refractivity contribution in [2.45, 2.75) is 26.7 Å². The lowest BCUT2D eigenvalue weighted by Gasteiger charge is -2.30. The van der Waals surface area contributed by atoms with E-state index in [-0.39, 0.29) is 16.5 Å². The van der Waals surface area contributed by atoms with E-state index in [1.165, 1.54) is 17.0 Å². The summed E-state index contributed by atoms with van der Waals surface area (Å²) >= 11 is 5.25. The number of anilines is 2. The number of nitrogens with one attached hydrogen (secondary N) is 1. The first-order valence-corrected chi connectivity index (χ1v) is 10.3. The highest BCUT2D eigenvalue weighted by Gasteiger charge is 2.35. The van der Waals surface area contributed by atoms with Gasteiger partial charge < -0.3 is 4.90 Å². The van der Waals surface area contributed by atoms with E-state index in [9.17, 15) is 14.0 Å². The number of para-hydroxylation sites is 1. The number of carbonyl (C=O) groups is 2. The fraction of sp³-hybridized carbons (Fsp3) is 0.261. The molecular formula is C23H22FN3O2S. The van der Waals surface area contributed by atoms with Gasteiger partial charge in [0.25, 0.3) is 11.8 Å². The number of amides is 2. The predicted molar refractivity (Wildman–Crippen MR) is 120 cm³/mol. The molecule has 0 spiro atoms. The normalized spacial score (nSPS) is 18.4. The highest BCUT2D eigenvalue weighted by atomic mass is 32.1. The molecule has 7 heteroatoms. The van der Waals surface area contributed by atoms with Crippen molar-refractivity contribution < 1.29 is 14.0 Å². The van der Waals surface area contributed by atoms with Gasteiger partial charge in [0.2, 0.25) is 0 Å². The molecule has 0 atom stereocenters. The number of thiocarbonyl (C=S) groups is 1. The third-order valence-corrected chi connectivity index (χ3v) is 5.82. The molecule has 2 aromatic carbocycles. The number of carbonyl (C=O) groups excluding carboxylic acids is 2. The molecule has 0 saturated carbocycles. The van der Waals surface area contributed by atoms with E-state index in [4.69, 9.17) is 12.2 Å². The predicted octanol–water partition coefficient (Wildman–Crippen LogP) is 3.87. The maximum Gasteiger partial charge on any atom is 0.270 e. The van der Waals surface area contributed by atoms with Crippen LogP contribution in [0.3, 0.4) is 0 Å². The number of hydrogen-bond donors (Lipinski definition) is 1. The van der Waals surface area contributed by atoms with Crippen molar-refractivity contribution in [3.8, 4) is 0 Å². The first kappa shape index (κ1) is 20.2. The zero-order valence-corrected chi connectivity index (χ0v) is 17.7. The maximum absolute atomic E-state index is 14.8. The average Bonchev–Trinajstić information content (AvgIpc) is 3.23. The summed E-state index contributed by atoms with van der Waals surface area (Å²) in [6.07, 6.45) is 3.54. The second kappa shape index (κ2) is 7.99. The first-order chi connectivity index (χ1) is 14.4. The summed E-state index contributed by atoms with van der Waals surface area (Å²) in [7, 11) is 0. The van der Waals surface area contributed by atoms with Gasteiger partial charge in [0, 0.05) is 13.1 Å². The van der Waals surface area contributed by atoms with Crippen molar-refractivity contribution in [1.82, 2.24) is 5.32 Å². The molecule has 0 unspecified atom stereocenters. The second-order valence-corrected chi connectivity index (χ2v) is 7.99. The second-order valence-electron chi connectivity index (χ2n) is 7.60. The standard InChI is InChI=1S/C23H22FN3O2S/c1-14-7-3-4-8-19(14)27-22(29)17(21(28)25-23(27)30)12-16-13-18(24)20(11-15(16)2)26-9-5-6-10-26/h3-4,7-8,11-13H,5-6,9-10H2,1-2H3,(H,25,28,30)/b17-12+. The number of rotatable bonds is 3. The van der Waals surface area contributed by atoms with Crippen LogP contribution in [0.1, 0.15) is 29.5 Å². The Hall–Kier alpha value is -3.06. The number of hydrogen-bond acceptors (Lipinski definition) is 4. The molecular weight excluding hydrogens is 401 g/mol. The summed E-state index contributed by atoms with van der Waals surface area (Å²) in [5.74, 6) is -1.47. The smallest absolute Gasteiger partial charge is 0.270 e. The van der Waals surface area contributed by atoms with Gasteiger partial charge in [-0.25, -0.2) is 4.39 Å². The zero-order chi connectivity index (χ0) is 21.4. The molecule has 2 aliphatic heterocycles. The van der Waals surface area contributed by atoms with Crippen LogP contribution in [0.2, 0.25) is 0 Å². The molecule has 30 heavy (non-hydrogen) atoms. The molecule has 2 aromatic rings. The van der Waals surface area contributed by atoms with Gasteiger partial charge in [0.15, 0.2) is 5.11 Å². The third kappa shape index (κ3) is 3.61. The van der Waals surface area contributed by atoms with E-state index in [2.05, 4.69) is 5.32 Å².